The Labute approximate surface area is 376 Å². The number of hydrogen-bond donors (Lipinski definition) is 4. The molecule has 2 saturated carbocycles. The number of carbonyl (C=O) groups excluding carboxylic acids is 2. The lowest BCUT2D eigenvalue weighted by molar-refractivity contribution is -0.130. The van der Waals surface area contributed by atoms with Crippen LogP contribution in [0.4, 0.5) is 11.4 Å². The monoisotopic (exact) mass is 867 g/mol. The Kier molecular flexibility index (Phi) is 21.2. The first-order chi connectivity index (χ1) is 30.6. The molecule has 10 heteroatoms. The van der Waals surface area contributed by atoms with Crippen LogP contribution in [-0.4, -0.2) is 72.6 Å². The lowest BCUT2D eigenvalue weighted by Gasteiger charge is -2.28. The summed E-state index contributed by atoms with van der Waals surface area (Å²) in [6, 6.07) is 19.3. The molecule has 344 valence electrons. The lowest BCUT2D eigenvalue weighted by Crippen LogP contribution is -2.39. The van der Waals surface area contributed by atoms with Gasteiger partial charge in [0.15, 0.2) is 11.6 Å². The molecule has 0 aromatic heterocycles. The zero-order chi connectivity index (χ0) is 44.8. The molecule has 2 aliphatic carbocycles. The second-order valence-electron chi connectivity index (χ2n) is 17.7. The fourth-order valence-electron chi connectivity index (χ4n) is 8.58. The van der Waals surface area contributed by atoms with E-state index in [1.54, 1.807) is 18.2 Å². The van der Waals surface area contributed by atoms with Crippen LogP contribution in [0, 0.1) is 11.8 Å². The average molecular weight is 867 g/mol. The third kappa shape index (κ3) is 16.9. The second kappa shape index (κ2) is 27.0. The Bertz CT molecular complexity index is 1740. The van der Waals surface area contributed by atoms with Gasteiger partial charge in [0, 0.05) is 24.6 Å². The number of unbranched alkanes of at least 4 members (excludes halogenated alkanes) is 6. The van der Waals surface area contributed by atoms with Crippen LogP contribution in [0.25, 0.3) is 12.2 Å². The Morgan fingerprint density at radius 3 is 1.43 bits per heavy atom. The van der Waals surface area contributed by atoms with Crippen molar-refractivity contribution in [3.63, 3.8) is 0 Å². The van der Waals surface area contributed by atoms with Crippen molar-refractivity contribution in [2.75, 3.05) is 37.9 Å². The molecule has 0 saturated heterocycles. The summed E-state index contributed by atoms with van der Waals surface area (Å²) >= 11 is 0. The summed E-state index contributed by atoms with van der Waals surface area (Å²) in [5.74, 6) is -0.267. The number of anilines is 2. The molecule has 2 aliphatic rings. The van der Waals surface area contributed by atoms with Crippen molar-refractivity contribution in [1.29, 1.82) is 0 Å². The summed E-state index contributed by atoms with van der Waals surface area (Å²) in [6.07, 6.45) is 21.2. The van der Waals surface area contributed by atoms with E-state index in [-0.39, 0.29) is 11.3 Å². The largest absolute Gasteiger partial charge is 0.493 e. The van der Waals surface area contributed by atoms with Crippen LogP contribution >= 0.6 is 0 Å². The van der Waals surface area contributed by atoms with Gasteiger partial charge in [-0.3, -0.25) is 9.59 Å². The molecular weight excluding hydrogens is 793 g/mol. The highest BCUT2D eigenvalue weighted by atomic mass is 16.5. The first-order valence-electron chi connectivity index (χ1n) is 23.8. The Morgan fingerprint density at radius 2 is 1.03 bits per heavy atom. The average Bonchev–Trinajstić information content (AvgIpc) is 3.30. The summed E-state index contributed by atoms with van der Waals surface area (Å²) in [7, 11) is 0. The first-order valence-corrected chi connectivity index (χ1v) is 23.8. The number of aliphatic hydroxyl groups excluding tert-OH is 2. The number of nitrogen functional groups attached to an aromatic ring is 2. The Hall–Kier alpha value is -4.48. The fraction of sp³-hybridized carbons (Fsp3) is 0.547. The number of hydrogen-bond acceptors (Lipinski definition) is 10. The maximum Gasteiger partial charge on any atom is 0.184 e. The molecule has 3 aromatic carbocycles. The summed E-state index contributed by atoms with van der Waals surface area (Å²) in [4.78, 5) is 26.9. The molecule has 0 spiro atoms. The quantitative estimate of drug-likeness (QED) is 0.0329. The third-order valence-electron chi connectivity index (χ3n) is 12.6. The first kappa shape index (κ1) is 49.5. The van der Waals surface area contributed by atoms with E-state index in [9.17, 15) is 19.8 Å². The normalized spacial score (nSPS) is 20.7. The molecule has 6 N–H and O–H groups in total. The Morgan fingerprint density at radius 1 is 0.603 bits per heavy atom. The minimum atomic E-state index is -1.78. The van der Waals surface area contributed by atoms with Crippen LogP contribution in [0.15, 0.2) is 78.9 Å². The topological polar surface area (TPSA) is 164 Å². The number of aliphatic hydroxyl groups is 2. The van der Waals surface area contributed by atoms with Crippen molar-refractivity contribution < 1.29 is 38.7 Å². The summed E-state index contributed by atoms with van der Waals surface area (Å²) in [5.41, 5.74) is 14.4. The van der Waals surface area contributed by atoms with Gasteiger partial charge in [0.1, 0.15) is 23.7 Å². The molecule has 0 heterocycles. The number of rotatable bonds is 27. The van der Waals surface area contributed by atoms with Gasteiger partial charge < -0.3 is 40.6 Å². The summed E-state index contributed by atoms with van der Waals surface area (Å²) < 4.78 is 24.4. The third-order valence-corrected chi connectivity index (χ3v) is 12.6. The smallest absolute Gasteiger partial charge is 0.184 e. The predicted octanol–water partition coefficient (Wildman–Crippen LogP) is 10.3. The van der Waals surface area contributed by atoms with Gasteiger partial charge in [-0.1, -0.05) is 94.9 Å². The fourth-order valence-corrected chi connectivity index (χ4v) is 8.58. The van der Waals surface area contributed by atoms with E-state index in [1.807, 2.05) is 48.5 Å². The van der Waals surface area contributed by atoms with Crippen LogP contribution in [0.3, 0.4) is 0 Å². The highest BCUT2D eigenvalue weighted by Gasteiger charge is 2.37. The molecule has 63 heavy (non-hydrogen) atoms. The van der Waals surface area contributed by atoms with E-state index in [0.717, 1.165) is 100 Å². The maximum absolute atomic E-state index is 13.5. The van der Waals surface area contributed by atoms with E-state index in [1.165, 1.54) is 62.8 Å². The molecule has 0 radical (unpaired) electrons. The van der Waals surface area contributed by atoms with Crippen molar-refractivity contribution in [2.24, 2.45) is 11.8 Å². The van der Waals surface area contributed by atoms with Crippen LogP contribution < -0.4 is 20.9 Å². The molecule has 0 aliphatic heterocycles. The molecule has 0 bridgehead atoms. The molecule has 3 aromatic rings. The lowest BCUT2D eigenvalue weighted by atomic mass is 9.83. The summed E-state index contributed by atoms with van der Waals surface area (Å²) in [5, 5.41) is 22.8. The van der Waals surface area contributed by atoms with E-state index >= 15 is 0 Å². The standard InChI is InChI=1S/C53H74N2O8/c1-3-5-7-9-33-60-43-26-15-40(16-27-43)36-62-45-22-11-38(12-23-45)19-31-49(56)52(58)51(47-30-21-42(54)35-48(47)55)53(59)50(57)32-20-39-13-24-46(25-14-39)63-37-41-17-28-44(29-18-41)61-34-10-8-6-4-2/h11-14,19-25,30-32,35,40-41,43-44,51-53,58-59H,3-10,15-18,26-29,33-34,36-37,54-55H2,1-2H3/b31-19+,32-20+. The minimum Gasteiger partial charge on any atom is -0.493 e. The van der Waals surface area contributed by atoms with Gasteiger partial charge in [-0.25, -0.2) is 0 Å². The van der Waals surface area contributed by atoms with Gasteiger partial charge >= 0.3 is 0 Å². The molecule has 10 nitrogen and oxygen atoms in total. The van der Waals surface area contributed by atoms with Gasteiger partial charge in [0.2, 0.25) is 0 Å². The number of ketones is 2. The van der Waals surface area contributed by atoms with E-state index < -0.39 is 29.7 Å². The molecule has 0 amide bonds. The van der Waals surface area contributed by atoms with Gasteiger partial charge in [0.05, 0.1) is 31.3 Å². The highest BCUT2D eigenvalue weighted by Crippen LogP contribution is 2.33. The van der Waals surface area contributed by atoms with Crippen LogP contribution in [0.2, 0.25) is 0 Å². The van der Waals surface area contributed by atoms with Gasteiger partial charge in [0.25, 0.3) is 0 Å². The van der Waals surface area contributed by atoms with Crippen LogP contribution in [0.5, 0.6) is 11.5 Å². The van der Waals surface area contributed by atoms with Crippen molar-refractivity contribution in [1.82, 2.24) is 0 Å². The maximum atomic E-state index is 13.5. The van der Waals surface area contributed by atoms with Crippen molar-refractivity contribution in [3.8, 4) is 11.5 Å². The summed E-state index contributed by atoms with van der Waals surface area (Å²) in [6.45, 7) is 7.45. The van der Waals surface area contributed by atoms with E-state index in [2.05, 4.69) is 13.8 Å². The SMILES string of the molecule is CCCCCCOC1CCC(COc2ccc(/C=C/C(=O)C(O)C(c3ccc(N)cc3N)C(O)C(=O)/C=C/c3ccc(OCC4CCC(OCCCCCC)CC4)cc3)cc2)CC1. The zero-order valence-corrected chi connectivity index (χ0v) is 37.8. The van der Waals surface area contributed by atoms with Gasteiger partial charge in [-0.15, -0.1) is 0 Å². The molecule has 2 unspecified atom stereocenters. The van der Waals surface area contributed by atoms with Crippen molar-refractivity contribution in [2.45, 2.75) is 147 Å². The van der Waals surface area contributed by atoms with Gasteiger partial charge in [-0.05, 0) is 141 Å². The van der Waals surface area contributed by atoms with Crippen LogP contribution in [-0.2, 0) is 19.1 Å². The van der Waals surface area contributed by atoms with Gasteiger partial charge in [-0.2, -0.15) is 0 Å². The van der Waals surface area contributed by atoms with Crippen molar-refractivity contribution in [3.05, 3.63) is 95.6 Å². The second-order valence-corrected chi connectivity index (χ2v) is 17.7. The molecule has 5 rings (SSSR count). The highest BCUT2D eigenvalue weighted by molar-refractivity contribution is 6.01. The number of nitrogens with two attached hydrogens (primary N) is 2. The number of ether oxygens (including phenoxy) is 4. The molecular formula is C53H74N2O8. The predicted molar refractivity (Wildman–Crippen MR) is 254 cm³/mol. The van der Waals surface area contributed by atoms with Crippen LogP contribution in [0.1, 0.15) is 139 Å². The number of carbonyl (C=O) groups is 2. The van der Waals surface area contributed by atoms with E-state index in [4.69, 9.17) is 30.4 Å². The van der Waals surface area contributed by atoms with Crippen molar-refractivity contribution >= 4 is 35.1 Å². The zero-order valence-electron chi connectivity index (χ0n) is 37.8. The number of benzene rings is 3. The minimum absolute atomic E-state index is 0.149. The molecule has 2 atom stereocenters. The Balaban J connectivity index is 1.09. The van der Waals surface area contributed by atoms with E-state index in [0.29, 0.717) is 42.9 Å². The molecule has 2 fully saturated rings.